The molecule has 0 saturated carbocycles. The first-order valence-electron chi connectivity index (χ1n) is 9.13. The topological polar surface area (TPSA) is 30.5 Å². The fourth-order valence-corrected chi connectivity index (χ4v) is 2.65. The molecule has 0 radical (unpaired) electrons. The zero-order valence-corrected chi connectivity index (χ0v) is 16.5. The zero-order chi connectivity index (χ0) is 17.3. The Morgan fingerprint density at radius 3 is 1.45 bits per heavy atom. The van der Waals surface area contributed by atoms with Crippen LogP contribution in [0, 0.1) is 0 Å². The lowest BCUT2D eigenvalue weighted by molar-refractivity contribution is -0.327. The minimum absolute atomic E-state index is 0.241. The highest BCUT2D eigenvalue weighted by Crippen LogP contribution is 2.29. The molecular weight excluding hydrogens is 274 g/mol. The van der Waals surface area contributed by atoms with E-state index in [4.69, 9.17) is 9.47 Å². The predicted molar refractivity (Wildman–Crippen MR) is 96.1 cm³/mol. The van der Waals surface area contributed by atoms with Gasteiger partial charge in [0, 0.05) is 6.42 Å². The minimum Gasteiger partial charge on any atom is -0.332 e. The summed E-state index contributed by atoms with van der Waals surface area (Å²) in [5.74, 6) is -0.695. The standard InChI is InChI=1S/C19H41NO2/c1-9-10-11-12-13-14-15-16-19(20-8,21-17(2,3)4)22-18(5,6)7/h20H,9-16H2,1-8H3. The van der Waals surface area contributed by atoms with E-state index >= 15 is 0 Å². The van der Waals surface area contributed by atoms with Crippen LogP contribution in [0.15, 0.2) is 0 Å². The molecule has 0 aliphatic rings. The van der Waals surface area contributed by atoms with Crippen LogP contribution in [0.25, 0.3) is 0 Å². The minimum atomic E-state index is -0.695. The van der Waals surface area contributed by atoms with Crippen LogP contribution in [0.4, 0.5) is 0 Å². The summed E-state index contributed by atoms with van der Waals surface area (Å²) in [7, 11) is 1.93. The largest absolute Gasteiger partial charge is 0.332 e. The van der Waals surface area contributed by atoms with Crippen LogP contribution in [-0.2, 0) is 9.47 Å². The molecule has 0 aliphatic heterocycles. The SMILES string of the molecule is CCCCCCCCCC(NC)(OC(C)(C)C)OC(C)(C)C. The predicted octanol–water partition coefficient (Wildman–Crippen LogP) is 5.63. The lowest BCUT2D eigenvalue weighted by Crippen LogP contribution is -2.55. The summed E-state index contributed by atoms with van der Waals surface area (Å²) < 4.78 is 12.5. The van der Waals surface area contributed by atoms with Gasteiger partial charge in [-0.2, -0.15) is 0 Å². The summed E-state index contributed by atoms with van der Waals surface area (Å²) in [6.45, 7) is 14.7. The van der Waals surface area contributed by atoms with Crippen LogP contribution < -0.4 is 5.32 Å². The van der Waals surface area contributed by atoms with E-state index in [-0.39, 0.29) is 11.2 Å². The smallest absolute Gasteiger partial charge is 0.228 e. The number of hydrogen-bond donors (Lipinski definition) is 1. The average molecular weight is 316 g/mol. The Hall–Kier alpha value is -0.120. The van der Waals surface area contributed by atoms with Crippen LogP contribution >= 0.6 is 0 Å². The molecule has 0 aromatic heterocycles. The van der Waals surface area contributed by atoms with Crippen LogP contribution in [-0.4, -0.2) is 24.2 Å². The van der Waals surface area contributed by atoms with E-state index in [1.165, 1.54) is 38.5 Å². The van der Waals surface area contributed by atoms with Crippen LogP contribution in [0.2, 0.25) is 0 Å². The van der Waals surface area contributed by atoms with Gasteiger partial charge in [0.2, 0.25) is 5.91 Å². The summed E-state index contributed by atoms with van der Waals surface area (Å²) in [6.07, 6.45) is 9.94. The Labute approximate surface area is 139 Å². The van der Waals surface area contributed by atoms with Gasteiger partial charge in [-0.15, -0.1) is 0 Å². The van der Waals surface area contributed by atoms with Crippen molar-refractivity contribution in [1.82, 2.24) is 5.32 Å². The summed E-state index contributed by atoms with van der Waals surface area (Å²) in [6, 6.07) is 0. The second-order valence-electron chi connectivity index (χ2n) is 8.30. The quantitative estimate of drug-likeness (QED) is 0.396. The Morgan fingerprint density at radius 2 is 1.09 bits per heavy atom. The maximum absolute atomic E-state index is 6.26. The van der Waals surface area contributed by atoms with Gasteiger partial charge in [0.1, 0.15) is 0 Å². The van der Waals surface area contributed by atoms with E-state index in [0.29, 0.717) is 0 Å². The Balaban J connectivity index is 4.46. The lowest BCUT2D eigenvalue weighted by Gasteiger charge is -2.42. The van der Waals surface area contributed by atoms with E-state index in [0.717, 1.165) is 12.8 Å². The van der Waals surface area contributed by atoms with Gasteiger partial charge in [0.05, 0.1) is 11.2 Å². The third kappa shape index (κ3) is 11.4. The number of rotatable bonds is 11. The number of hydrogen-bond acceptors (Lipinski definition) is 3. The molecule has 0 saturated heterocycles. The Bertz CT molecular complexity index is 260. The van der Waals surface area contributed by atoms with Crippen LogP contribution in [0.5, 0.6) is 0 Å². The molecule has 0 fully saturated rings. The van der Waals surface area contributed by atoms with Crippen molar-refractivity contribution in [2.24, 2.45) is 0 Å². The zero-order valence-electron chi connectivity index (χ0n) is 16.5. The normalized spacial score (nSPS) is 13.6. The van der Waals surface area contributed by atoms with E-state index in [1.807, 2.05) is 7.05 Å². The molecule has 134 valence electrons. The van der Waals surface area contributed by atoms with Gasteiger partial charge < -0.3 is 9.47 Å². The first kappa shape index (κ1) is 21.9. The monoisotopic (exact) mass is 315 g/mol. The first-order chi connectivity index (χ1) is 10.0. The van der Waals surface area contributed by atoms with Crippen molar-refractivity contribution in [3.05, 3.63) is 0 Å². The fourth-order valence-electron chi connectivity index (χ4n) is 2.65. The maximum Gasteiger partial charge on any atom is 0.228 e. The molecule has 22 heavy (non-hydrogen) atoms. The highest BCUT2D eigenvalue weighted by Gasteiger charge is 2.38. The highest BCUT2D eigenvalue weighted by atomic mass is 16.7. The van der Waals surface area contributed by atoms with Gasteiger partial charge in [-0.3, -0.25) is 5.32 Å². The Kier molecular flexibility index (Phi) is 9.84. The molecule has 1 N–H and O–H groups in total. The van der Waals surface area contributed by atoms with Gasteiger partial charge in [0.15, 0.2) is 0 Å². The molecule has 0 bridgehead atoms. The van der Waals surface area contributed by atoms with Crippen molar-refractivity contribution in [1.29, 1.82) is 0 Å². The molecule has 0 unspecified atom stereocenters. The first-order valence-corrected chi connectivity index (χ1v) is 9.13. The summed E-state index contributed by atoms with van der Waals surface area (Å²) in [5.41, 5.74) is -0.481. The molecule has 0 aromatic carbocycles. The van der Waals surface area contributed by atoms with Gasteiger partial charge >= 0.3 is 0 Å². The fraction of sp³-hybridized carbons (Fsp3) is 1.00. The summed E-state index contributed by atoms with van der Waals surface area (Å²) >= 11 is 0. The molecule has 0 heterocycles. The second kappa shape index (κ2) is 9.89. The van der Waals surface area contributed by atoms with Crippen molar-refractivity contribution in [3.8, 4) is 0 Å². The molecular formula is C19H41NO2. The Morgan fingerprint density at radius 1 is 0.682 bits per heavy atom. The molecule has 0 amide bonds. The molecule has 0 spiro atoms. The van der Waals surface area contributed by atoms with Crippen LogP contribution in [0.1, 0.15) is 99.8 Å². The van der Waals surface area contributed by atoms with Gasteiger partial charge in [-0.1, -0.05) is 45.4 Å². The lowest BCUT2D eigenvalue weighted by atomic mass is 10.1. The van der Waals surface area contributed by atoms with Gasteiger partial charge in [-0.05, 0) is 55.0 Å². The van der Waals surface area contributed by atoms with E-state index in [1.54, 1.807) is 0 Å². The van der Waals surface area contributed by atoms with Crippen molar-refractivity contribution >= 4 is 0 Å². The molecule has 0 aliphatic carbocycles. The van der Waals surface area contributed by atoms with E-state index < -0.39 is 5.91 Å². The number of unbranched alkanes of at least 4 members (excludes halogenated alkanes) is 6. The van der Waals surface area contributed by atoms with Crippen molar-refractivity contribution < 1.29 is 9.47 Å². The van der Waals surface area contributed by atoms with Crippen molar-refractivity contribution in [2.45, 2.75) is 117 Å². The van der Waals surface area contributed by atoms with Gasteiger partial charge in [-0.25, -0.2) is 0 Å². The number of ether oxygens (including phenoxy) is 2. The van der Waals surface area contributed by atoms with Crippen LogP contribution in [0.3, 0.4) is 0 Å². The molecule has 0 rings (SSSR count). The third-order valence-corrected chi connectivity index (χ3v) is 3.43. The van der Waals surface area contributed by atoms with E-state index in [9.17, 15) is 0 Å². The third-order valence-electron chi connectivity index (χ3n) is 3.43. The second-order valence-corrected chi connectivity index (χ2v) is 8.30. The highest BCUT2D eigenvalue weighted by molar-refractivity contribution is 4.76. The van der Waals surface area contributed by atoms with Crippen molar-refractivity contribution in [2.75, 3.05) is 7.05 Å². The summed E-state index contributed by atoms with van der Waals surface area (Å²) in [5, 5.41) is 3.30. The maximum atomic E-state index is 6.26. The van der Waals surface area contributed by atoms with Gasteiger partial charge in [0.25, 0.3) is 0 Å². The molecule has 3 nitrogen and oxygen atoms in total. The summed E-state index contributed by atoms with van der Waals surface area (Å²) in [4.78, 5) is 0. The molecule has 0 aromatic rings. The molecule has 0 atom stereocenters. The van der Waals surface area contributed by atoms with Crippen molar-refractivity contribution in [3.63, 3.8) is 0 Å². The van der Waals surface area contributed by atoms with E-state index in [2.05, 4.69) is 53.8 Å². The number of nitrogens with one attached hydrogen (secondary N) is 1. The average Bonchev–Trinajstić information content (AvgIpc) is 2.33. The molecule has 3 heteroatoms.